The number of aromatic nitrogens is 2. The predicted octanol–water partition coefficient (Wildman–Crippen LogP) is 2.34. The number of nitro groups is 1. The Morgan fingerprint density at radius 1 is 1.43 bits per heavy atom. The number of H-pyrrole nitrogens is 1. The topological polar surface area (TPSA) is 92.1 Å². The van der Waals surface area contributed by atoms with E-state index in [0.29, 0.717) is 29.9 Å². The molecule has 7 nitrogen and oxygen atoms in total. The molecule has 1 fully saturated rings. The van der Waals surface area contributed by atoms with Gasteiger partial charge >= 0.3 is 0 Å². The van der Waals surface area contributed by atoms with E-state index in [1.165, 1.54) is 12.1 Å². The van der Waals surface area contributed by atoms with Crippen LogP contribution in [0.2, 0.25) is 0 Å². The molecule has 1 aliphatic rings. The minimum Gasteiger partial charge on any atom is -0.337 e. The van der Waals surface area contributed by atoms with Crippen LogP contribution in [0.1, 0.15) is 30.3 Å². The highest BCUT2D eigenvalue weighted by molar-refractivity contribution is 6.05. The van der Waals surface area contributed by atoms with Gasteiger partial charge in [-0.15, -0.1) is 0 Å². The molecule has 0 spiro atoms. The minimum atomic E-state index is -0.469. The van der Waals surface area contributed by atoms with Crippen molar-refractivity contribution in [3.8, 4) is 0 Å². The van der Waals surface area contributed by atoms with E-state index in [-0.39, 0.29) is 17.3 Å². The van der Waals surface area contributed by atoms with Crippen molar-refractivity contribution < 1.29 is 9.72 Å². The Labute approximate surface area is 121 Å². The first-order chi connectivity index (χ1) is 10.1. The first-order valence-electron chi connectivity index (χ1n) is 6.98. The van der Waals surface area contributed by atoms with Gasteiger partial charge in [0.15, 0.2) is 5.69 Å². The van der Waals surface area contributed by atoms with E-state index in [1.807, 2.05) is 0 Å². The molecule has 1 aromatic heterocycles. The maximum Gasteiger partial charge on any atom is 0.274 e. The number of hydrogen-bond donors (Lipinski definition) is 1. The van der Waals surface area contributed by atoms with Crippen molar-refractivity contribution in [1.29, 1.82) is 0 Å². The molecular weight excluding hydrogens is 272 g/mol. The summed E-state index contributed by atoms with van der Waals surface area (Å²) in [7, 11) is 0. The number of likely N-dealkylation sites (tertiary alicyclic amines) is 1. The molecule has 0 saturated carbocycles. The van der Waals surface area contributed by atoms with Crippen LogP contribution in [-0.2, 0) is 0 Å². The number of carbonyl (C=O) groups is 1. The third kappa shape index (κ3) is 2.46. The van der Waals surface area contributed by atoms with Crippen LogP contribution in [-0.4, -0.2) is 39.0 Å². The van der Waals surface area contributed by atoms with E-state index in [1.54, 1.807) is 11.0 Å². The van der Waals surface area contributed by atoms with Gasteiger partial charge in [0, 0.05) is 30.6 Å². The Morgan fingerprint density at radius 3 is 2.81 bits per heavy atom. The molecule has 1 N–H and O–H groups in total. The second-order valence-electron chi connectivity index (χ2n) is 5.53. The lowest BCUT2D eigenvalue weighted by molar-refractivity contribution is -0.384. The summed E-state index contributed by atoms with van der Waals surface area (Å²) < 4.78 is 0. The number of non-ortho nitro benzene ring substituents is 1. The second kappa shape index (κ2) is 5.16. The van der Waals surface area contributed by atoms with Crippen LogP contribution in [0.25, 0.3) is 10.9 Å². The molecule has 1 aromatic carbocycles. The van der Waals surface area contributed by atoms with Crippen molar-refractivity contribution in [2.75, 3.05) is 13.1 Å². The monoisotopic (exact) mass is 288 g/mol. The van der Waals surface area contributed by atoms with Gasteiger partial charge in [0.05, 0.1) is 10.4 Å². The fourth-order valence-corrected chi connectivity index (χ4v) is 2.64. The predicted molar refractivity (Wildman–Crippen MR) is 77.0 cm³/mol. The number of aromatic amines is 1. The highest BCUT2D eigenvalue weighted by Gasteiger charge is 2.25. The van der Waals surface area contributed by atoms with Gasteiger partial charge in [0.2, 0.25) is 0 Å². The van der Waals surface area contributed by atoms with Gasteiger partial charge in [0.1, 0.15) is 0 Å². The fourth-order valence-electron chi connectivity index (χ4n) is 2.64. The molecule has 2 heterocycles. The first-order valence-corrected chi connectivity index (χ1v) is 6.98. The largest absolute Gasteiger partial charge is 0.337 e. The molecule has 2 aromatic rings. The zero-order chi connectivity index (χ0) is 15.0. The Bertz CT molecular complexity index is 701. The summed E-state index contributed by atoms with van der Waals surface area (Å²) in [6, 6.07) is 4.38. The number of fused-ring (bicyclic) bond motifs is 1. The number of nitrogens with one attached hydrogen (secondary N) is 1. The zero-order valence-corrected chi connectivity index (χ0v) is 11.7. The molecule has 21 heavy (non-hydrogen) atoms. The molecule has 0 aliphatic carbocycles. The average Bonchev–Trinajstić information content (AvgIpc) is 2.90. The smallest absolute Gasteiger partial charge is 0.274 e. The van der Waals surface area contributed by atoms with Crippen LogP contribution in [0.4, 0.5) is 5.69 Å². The third-order valence-electron chi connectivity index (χ3n) is 4.03. The van der Waals surface area contributed by atoms with E-state index in [9.17, 15) is 14.9 Å². The van der Waals surface area contributed by atoms with Crippen molar-refractivity contribution >= 4 is 22.5 Å². The van der Waals surface area contributed by atoms with Crippen LogP contribution in [0.3, 0.4) is 0 Å². The summed E-state index contributed by atoms with van der Waals surface area (Å²) in [6.45, 7) is 3.60. The third-order valence-corrected chi connectivity index (χ3v) is 4.03. The van der Waals surface area contributed by atoms with E-state index in [4.69, 9.17) is 0 Å². The Kier molecular flexibility index (Phi) is 3.32. The fraction of sp³-hybridized carbons (Fsp3) is 0.429. The second-order valence-corrected chi connectivity index (χ2v) is 5.53. The zero-order valence-electron chi connectivity index (χ0n) is 11.7. The molecule has 1 saturated heterocycles. The maximum absolute atomic E-state index is 12.5. The number of nitro benzene ring substituents is 1. The maximum atomic E-state index is 12.5. The molecular formula is C14H16N4O3. The van der Waals surface area contributed by atoms with Crippen LogP contribution < -0.4 is 0 Å². The summed E-state index contributed by atoms with van der Waals surface area (Å²) >= 11 is 0. The molecule has 0 atom stereocenters. The Balaban J connectivity index is 1.94. The van der Waals surface area contributed by atoms with E-state index >= 15 is 0 Å². The Morgan fingerprint density at radius 2 is 2.14 bits per heavy atom. The van der Waals surface area contributed by atoms with Crippen molar-refractivity contribution in [2.45, 2.75) is 19.8 Å². The quantitative estimate of drug-likeness (QED) is 0.678. The number of rotatable bonds is 2. The lowest BCUT2D eigenvalue weighted by atomic mass is 9.99. The van der Waals surface area contributed by atoms with Gasteiger partial charge in [-0.25, -0.2) is 0 Å². The van der Waals surface area contributed by atoms with E-state index in [0.717, 1.165) is 12.8 Å². The summed E-state index contributed by atoms with van der Waals surface area (Å²) in [5.41, 5.74) is 0.864. The SMILES string of the molecule is CC1CCN(C(=O)c2n[nH]c3ccc([N+](=O)[O-])cc23)CC1. The minimum absolute atomic E-state index is 0.0368. The molecule has 1 aliphatic heterocycles. The molecule has 0 radical (unpaired) electrons. The van der Waals surface area contributed by atoms with Crippen molar-refractivity contribution in [2.24, 2.45) is 5.92 Å². The molecule has 0 unspecified atom stereocenters. The lowest BCUT2D eigenvalue weighted by Gasteiger charge is -2.29. The molecule has 7 heteroatoms. The average molecular weight is 288 g/mol. The number of hydrogen-bond acceptors (Lipinski definition) is 4. The van der Waals surface area contributed by atoms with Crippen LogP contribution in [0.15, 0.2) is 18.2 Å². The molecule has 110 valence electrons. The van der Waals surface area contributed by atoms with Crippen molar-refractivity contribution in [3.05, 3.63) is 34.0 Å². The normalized spacial score (nSPS) is 16.3. The van der Waals surface area contributed by atoms with Gasteiger partial charge in [-0.2, -0.15) is 5.10 Å². The van der Waals surface area contributed by atoms with E-state index < -0.39 is 4.92 Å². The summed E-state index contributed by atoms with van der Waals surface area (Å²) in [5, 5.41) is 18.2. The molecule has 1 amide bonds. The highest BCUT2D eigenvalue weighted by atomic mass is 16.6. The van der Waals surface area contributed by atoms with Crippen molar-refractivity contribution in [1.82, 2.24) is 15.1 Å². The Hall–Kier alpha value is -2.44. The van der Waals surface area contributed by atoms with Gasteiger partial charge < -0.3 is 4.90 Å². The van der Waals surface area contributed by atoms with Crippen molar-refractivity contribution in [3.63, 3.8) is 0 Å². The summed E-state index contributed by atoms with van der Waals surface area (Å²) in [5.74, 6) is 0.472. The molecule has 0 bridgehead atoms. The lowest BCUT2D eigenvalue weighted by Crippen LogP contribution is -2.38. The summed E-state index contributed by atoms with van der Waals surface area (Å²) in [4.78, 5) is 24.7. The van der Waals surface area contributed by atoms with Gasteiger partial charge in [0.25, 0.3) is 11.6 Å². The number of carbonyl (C=O) groups excluding carboxylic acids is 1. The number of piperidine rings is 1. The molecule has 3 rings (SSSR count). The number of nitrogens with zero attached hydrogens (tertiary/aromatic N) is 3. The van der Waals surface area contributed by atoms with Crippen LogP contribution in [0, 0.1) is 16.0 Å². The number of amides is 1. The standard InChI is InChI=1S/C14H16N4O3/c1-9-4-6-17(7-5-9)14(19)13-11-8-10(18(20)21)2-3-12(11)15-16-13/h2-3,8-9H,4-7H2,1H3,(H,15,16). The first kappa shape index (κ1) is 13.5. The van der Waals surface area contributed by atoms with Gasteiger partial charge in [-0.05, 0) is 24.8 Å². The van der Waals surface area contributed by atoms with Crippen LogP contribution in [0.5, 0.6) is 0 Å². The van der Waals surface area contributed by atoms with Crippen LogP contribution >= 0.6 is 0 Å². The van der Waals surface area contributed by atoms with Gasteiger partial charge in [-0.1, -0.05) is 6.92 Å². The summed E-state index contributed by atoms with van der Waals surface area (Å²) in [6.07, 6.45) is 1.96. The van der Waals surface area contributed by atoms with Gasteiger partial charge in [-0.3, -0.25) is 20.0 Å². The highest BCUT2D eigenvalue weighted by Crippen LogP contribution is 2.24. The number of benzene rings is 1. The van der Waals surface area contributed by atoms with E-state index in [2.05, 4.69) is 17.1 Å².